The highest BCUT2D eigenvalue weighted by molar-refractivity contribution is 6.30. The first-order valence-corrected chi connectivity index (χ1v) is 5.69. The fraction of sp³-hybridized carbons (Fsp3) is 0.308. The summed E-state index contributed by atoms with van der Waals surface area (Å²) in [5, 5.41) is 0.613. The highest BCUT2D eigenvalue weighted by Gasteiger charge is 2.05. The van der Waals surface area contributed by atoms with Crippen LogP contribution in [0.5, 0.6) is 0 Å². The lowest BCUT2D eigenvalue weighted by Crippen LogP contribution is -2.05. The third-order valence-corrected chi connectivity index (χ3v) is 2.25. The second-order valence-corrected chi connectivity index (χ2v) is 3.75. The average molecular weight is 239 g/mol. The van der Waals surface area contributed by atoms with E-state index in [0.29, 0.717) is 17.2 Å². The molecule has 16 heavy (non-hydrogen) atoms. The van der Waals surface area contributed by atoms with Crippen molar-refractivity contribution in [2.24, 2.45) is 0 Å². The van der Waals surface area contributed by atoms with Crippen LogP contribution in [0.25, 0.3) is 0 Å². The van der Waals surface area contributed by atoms with Gasteiger partial charge in [0.05, 0.1) is 12.2 Å². The van der Waals surface area contributed by atoms with E-state index in [9.17, 15) is 4.79 Å². The van der Waals surface area contributed by atoms with Gasteiger partial charge in [-0.15, -0.1) is 0 Å². The van der Waals surface area contributed by atoms with Crippen LogP contribution < -0.4 is 0 Å². The standard InChI is InChI=1S/C13H15ClO2/c1-2-3-4-5-10-16-13(15)11-6-8-12(14)9-7-11/h3-4,6-9H,2,5,10H2,1H3/b4-3+. The Hall–Kier alpha value is -1.28. The minimum absolute atomic E-state index is 0.304. The minimum atomic E-state index is -0.304. The van der Waals surface area contributed by atoms with Crippen molar-refractivity contribution in [2.45, 2.75) is 19.8 Å². The van der Waals surface area contributed by atoms with Crippen molar-refractivity contribution in [2.75, 3.05) is 6.61 Å². The molecular weight excluding hydrogens is 224 g/mol. The smallest absolute Gasteiger partial charge is 0.338 e. The van der Waals surface area contributed by atoms with Crippen LogP contribution in [0.3, 0.4) is 0 Å². The quantitative estimate of drug-likeness (QED) is 0.442. The van der Waals surface area contributed by atoms with Gasteiger partial charge in [0.1, 0.15) is 0 Å². The number of rotatable bonds is 5. The molecule has 1 rings (SSSR count). The van der Waals surface area contributed by atoms with Crippen LogP contribution in [-0.2, 0) is 4.74 Å². The molecule has 0 aliphatic carbocycles. The zero-order chi connectivity index (χ0) is 11.8. The number of benzene rings is 1. The second kappa shape index (κ2) is 7.07. The van der Waals surface area contributed by atoms with E-state index in [2.05, 4.69) is 13.0 Å². The Morgan fingerprint density at radius 1 is 1.31 bits per heavy atom. The third kappa shape index (κ3) is 4.49. The van der Waals surface area contributed by atoms with Crippen molar-refractivity contribution >= 4 is 17.6 Å². The predicted molar refractivity (Wildman–Crippen MR) is 65.8 cm³/mol. The van der Waals surface area contributed by atoms with Gasteiger partial charge in [0.2, 0.25) is 0 Å². The Labute approximate surface area is 101 Å². The van der Waals surface area contributed by atoms with Gasteiger partial charge in [-0.25, -0.2) is 4.79 Å². The summed E-state index contributed by atoms with van der Waals surface area (Å²) < 4.78 is 5.08. The zero-order valence-electron chi connectivity index (χ0n) is 9.28. The summed E-state index contributed by atoms with van der Waals surface area (Å²) in [5.74, 6) is -0.304. The van der Waals surface area contributed by atoms with Crippen molar-refractivity contribution in [1.82, 2.24) is 0 Å². The molecule has 0 fully saturated rings. The molecule has 0 radical (unpaired) electrons. The molecule has 1 aromatic rings. The topological polar surface area (TPSA) is 26.3 Å². The van der Waals surface area contributed by atoms with Crippen LogP contribution in [0.4, 0.5) is 0 Å². The fourth-order valence-corrected chi connectivity index (χ4v) is 1.30. The highest BCUT2D eigenvalue weighted by atomic mass is 35.5. The van der Waals surface area contributed by atoms with E-state index >= 15 is 0 Å². The zero-order valence-corrected chi connectivity index (χ0v) is 10.0. The van der Waals surface area contributed by atoms with E-state index in [4.69, 9.17) is 16.3 Å². The van der Waals surface area contributed by atoms with Crippen molar-refractivity contribution in [3.63, 3.8) is 0 Å². The SMILES string of the molecule is CC/C=C/CCOC(=O)c1ccc(Cl)cc1. The Bertz CT molecular complexity index is 355. The number of ether oxygens (including phenoxy) is 1. The lowest BCUT2D eigenvalue weighted by atomic mass is 10.2. The summed E-state index contributed by atoms with van der Waals surface area (Å²) in [6.07, 6.45) is 5.82. The number of carbonyl (C=O) groups is 1. The van der Waals surface area contributed by atoms with Crippen molar-refractivity contribution in [3.8, 4) is 0 Å². The number of hydrogen-bond acceptors (Lipinski definition) is 2. The monoisotopic (exact) mass is 238 g/mol. The van der Waals surface area contributed by atoms with Crippen molar-refractivity contribution < 1.29 is 9.53 Å². The molecule has 0 amide bonds. The summed E-state index contributed by atoms with van der Waals surface area (Å²) in [5.41, 5.74) is 0.531. The Balaban J connectivity index is 2.35. The van der Waals surface area contributed by atoms with Gasteiger partial charge in [0.15, 0.2) is 0 Å². The summed E-state index contributed by atoms with van der Waals surface area (Å²) in [4.78, 5) is 11.5. The summed E-state index contributed by atoms with van der Waals surface area (Å²) in [6.45, 7) is 2.48. The van der Waals surface area contributed by atoms with Gasteiger partial charge in [0, 0.05) is 5.02 Å². The van der Waals surface area contributed by atoms with Crippen LogP contribution >= 0.6 is 11.6 Å². The van der Waals surface area contributed by atoms with Gasteiger partial charge in [-0.1, -0.05) is 30.7 Å². The van der Waals surface area contributed by atoms with Gasteiger partial charge >= 0.3 is 5.97 Å². The maximum Gasteiger partial charge on any atom is 0.338 e. The third-order valence-electron chi connectivity index (χ3n) is 2.00. The normalized spacial score (nSPS) is 10.6. The first-order chi connectivity index (χ1) is 7.74. The largest absolute Gasteiger partial charge is 0.462 e. The number of allylic oxidation sites excluding steroid dienone is 1. The molecule has 0 atom stereocenters. The van der Waals surface area contributed by atoms with E-state index in [1.165, 1.54) is 0 Å². The first kappa shape index (κ1) is 12.8. The van der Waals surface area contributed by atoms with Gasteiger partial charge in [0.25, 0.3) is 0 Å². The molecule has 0 saturated heterocycles. The molecule has 0 saturated carbocycles. The maximum atomic E-state index is 11.5. The van der Waals surface area contributed by atoms with E-state index in [0.717, 1.165) is 12.8 Å². The Kier molecular flexibility index (Phi) is 5.65. The summed E-state index contributed by atoms with van der Waals surface area (Å²) in [6, 6.07) is 6.67. The molecule has 3 heteroatoms. The highest BCUT2D eigenvalue weighted by Crippen LogP contribution is 2.10. The Morgan fingerprint density at radius 3 is 2.62 bits per heavy atom. The Morgan fingerprint density at radius 2 is 2.00 bits per heavy atom. The molecule has 0 N–H and O–H groups in total. The van der Waals surface area contributed by atoms with Crippen molar-refractivity contribution in [3.05, 3.63) is 47.0 Å². The van der Waals surface area contributed by atoms with Crippen LogP contribution in [0, 0.1) is 0 Å². The molecule has 0 unspecified atom stereocenters. The molecule has 0 aliphatic rings. The maximum absolute atomic E-state index is 11.5. The number of hydrogen-bond donors (Lipinski definition) is 0. The molecule has 0 aliphatic heterocycles. The van der Waals surface area contributed by atoms with Gasteiger partial charge in [-0.2, -0.15) is 0 Å². The molecule has 0 bridgehead atoms. The lowest BCUT2D eigenvalue weighted by molar-refractivity contribution is 0.0511. The fourth-order valence-electron chi connectivity index (χ4n) is 1.17. The summed E-state index contributed by atoms with van der Waals surface area (Å²) >= 11 is 5.72. The molecule has 0 aromatic heterocycles. The van der Waals surface area contributed by atoms with E-state index < -0.39 is 0 Å². The van der Waals surface area contributed by atoms with E-state index in [1.807, 2.05) is 6.08 Å². The number of halogens is 1. The average Bonchev–Trinajstić information content (AvgIpc) is 2.29. The van der Waals surface area contributed by atoms with E-state index in [1.54, 1.807) is 24.3 Å². The van der Waals surface area contributed by atoms with Crippen molar-refractivity contribution in [1.29, 1.82) is 0 Å². The van der Waals surface area contributed by atoms with Gasteiger partial charge in [-0.05, 0) is 37.1 Å². The molecule has 86 valence electrons. The lowest BCUT2D eigenvalue weighted by Gasteiger charge is -2.02. The van der Waals surface area contributed by atoms with Gasteiger partial charge in [-0.3, -0.25) is 0 Å². The van der Waals surface area contributed by atoms with Crippen LogP contribution in [0.1, 0.15) is 30.1 Å². The molecule has 1 aromatic carbocycles. The van der Waals surface area contributed by atoms with Crippen LogP contribution in [0.2, 0.25) is 5.02 Å². The van der Waals surface area contributed by atoms with E-state index in [-0.39, 0.29) is 5.97 Å². The van der Waals surface area contributed by atoms with Crippen LogP contribution in [0.15, 0.2) is 36.4 Å². The number of esters is 1. The summed E-state index contributed by atoms with van der Waals surface area (Å²) in [7, 11) is 0. The van der Waals surface area contributed by atoms with Crippen LogP contribution in [-0.4, -0.2) is 12.6 Å². The van der Waals surface area contributed by atoms with Gasteiger partial charge < -0.3 is 4.74 Å². The second-order valence-electron chi connectivity index (χ2n) is 3.31. The molecule has 0 heterocycles. The predicted octanol–water partition coefficient (Wildman–Crippen LogP) is 3.85. The number of carbonyl (C=O) groups excluding carboxylic acids is 1. The molecule has 0 spiro atoms. The minimum Gasteiger partial charge on any atom is -0.462 e. The molecular formula is C13H15ClO2. The first-order valence-electron chi connectivity index (χ1n) is 5.31. The molecule has 2 nitrogen and oxygen atoms in total.